The monoisotopic (exact) mass is 261 g/mol. The molecule has 0 aromatic carbocycles. The lowest BCUT2D eigenvalue weighted by atomic mass is 10.3. The van der Waals surface area contributed by atoms with E-state index in [0.717, 1.165) is 0 Å². The molecule has 0 aliphatic rings. The Morgan fingerprint density at radius 2 is 2.00 bits per heavy atom. The standard InChI is InChI=1S/C11H11N5O3/c1-6(17)8-4-14-10(9(16-8)11(18)19)15-7-2-12-5-13-3-7/h2-6,17H,1H3,(H,14,15)(H,18,19). The van der Waals surface area contributed by atoms with Gasteiger partial charge in [-0.3, -0.25) is 0 Å². The Bertz CT molecular complexity index is 588. The Balaban J connectivity index is 2.37. The molecule has 0 amide bonds. The largest absolute Gasteiger partial charge is 0.476 e. The van der Waals surface area contributed by atoms with Crippen molar-refractivity contribution in [2.75, 3.05) is 5.32 Å². The van der Waals surface area contributed by atoms with Crippen molar-refractivity contribution in [3.63, 3.8) is 0 Å². The van der Waals surface area contributed by atoms with E-state index < -0.39 is 12.1 Å². The smallest absolute Gasteiger partial charge is 0.358 e. The van der Waals surface area contributed by atoms with Crippen molar-refractivity contribution < 1.29 is 15.0 Å². The van der Waals surface area contributed by atoms with Gasteiger partial charge >= 0.3 is 5.97 Å². The van der Waals surface area contributed by atoms with Crippen LogP contribution in [0.4, 0.5) is 11.5 Å². The van der Waals surface area contributed by atoms with Crippen LogP contribution < -0.4 is 5.32 Å². The predicted octanol–water partition coefficient (Wildman–Crippen LogP) is 0.762. The zero-order valence-electron chi connectivity index (χ0n) is 9.98. The van der Waals surface area contributed by atoms with Gasteiger partial charge in [0.05, 0.1) is 36.1 Å². The first kappa shape index (κ1) is 12.8. The number of rotatable bonds is 4. The Labute approximate surface area is 108 Å². The van der Waals surface area contributed by atoms with Gasteiger partial charge in [0.1, 0.15) is 6.33 Å². The number of carbonyl (C=O) groups is 1. The van der Waals surface area contributed by atoms with E-state index in [0.29, 0.717) is 5.69 Å². The first-order chi connectivity index (χ1) is 9.08. The highest BCUT2D eigenvalue weighted by Gasteiger charge is 2.16. The molecule has 0 fully saturated rings. The third kappa shape index (κ3) is 2.99. The highest BCUT2D eigenvalue weighted by atomic mass is 16.4. The van der Waals surface area contributed by atoms with Crippen LogP contribution in [-0.2, 0) is 0 Å². The van der Waals surface area contributed by atoms with Crippen LogP contribution in [-0.4, -0.2) is 36.1 Å². The summed E-state index contributed by atoms with van der Waals surface area (Å²) in [4.78, 5) is 26.5. The second-order valence-electron chi connectivity index (χ2n) is 3.73. The van der Waals surface area contributed by atoms with Crippen molar-refractivity contribution in [1.29, 1.82) is 0 Å². The van der Waals surface area contributed by atoms with E-state index in [4.69, 9.17) is 5.11 Å². The molecule has 1 unspecified atom stereocenters. The lowest BCUT2D eigenvalue weighted by molar-refractivity contribution is 0.0690. The molecule has 0 aliphatic carbocycles. The third-order valence-electron chi connectivity index (χ3n) is 2.25. The number of nitrogens with one attached hydrogen (secondary N) is 1. The van der Waals surface area contributed by atoms with Crippen LogP contribution in [0, 0.1) is 0 Å². The molecule has 2 heterocycles. The molecule has 3 N–H and O–H groups in total. The van der Waals surface area contributed by atoms with Crippen molar-refractivity contribution in [2.24, 2.45) is 0 Å². The summed E-state index contributed by atoms with van der Waals surface area (Å²) in [5, 5.41) is 21.2. The number of nitrogens with zero attached hydrogens (tertiary/aromatic N) is 4. The second kappa shape index (κ2) is 5.36. The van der Waals surface area contributed by atoms with Crippen molar-refractivity contribution in [3.05, 3.63) is 36.3 Å². The summed E-state index contributed by atoms with van der Waals surface area (Å²) in [6.07, 6.45) is 4.72. The van der Waals surface area contributed by atoms with Gasteiger partial charge in [0, 0.05) is 0 Å². The first-order valence-corrected chi connectivity index (χ1v) is 5.38. The van der Waals surface area contributed by atoms with Crippen LogP contribution in [0.3, 0.4) is 0 Å². The zero-order valence-corrected chi connectivity index (χ0v) is 9.98. The van der Waals surface area contributed by atoms with Gasteiger partial charge < -0.3 is 15.5 Å². The van der Waals surface area contributed by atoms with Gasteiger partial charge in [-0.1, -0.05) is 0 Å². The van der Waals surface area contributed by atoms with E-state index >= 15 is 0 Å². The fourth-order valence-corrected chi connectivity index (χ4v) is 1.34. The summed E-state index contributed by atoms with van der Waals surface area (Å²) >= 11 is 0. The average molecular weight is 261 g/mol. The van der Waals surface area contributed by atoms with Crippen LogP contribution in [0.1, 0.15) is 29.2 Å². The summed E-state index contributed by atoms with van der Waals surface area (Å²) in [6.45, 7) is 1.48. The molecule has 2 aromatic rings. The van der Waals surface area contributed by atoms with Crippen LogP contribution in [0.5, 0.6) is 0 Å². The summed E-state index contributed by atoms with van der Waals surface area (Å²) < 4.78 is 0. The van der Waals surface area contributed by atoms with Gasteiger partial charge in [-0.05, 0) is 6.92 Å². The molecule has 2 rings (SSSR count). The highest BCUT2D eigenvalue weighted by Crippen LogP contribution is 2.18. The van der Waals surface area contributed by atoms with Crippen molar-refractivity contribution >= 4 is 17.5 Å². The van der Waals surface area contributed by atoms with Gasteiger partial charge in [-0.25, -0.2) is 24.7 Å². The maximum Gasteiger partial charge on any atom is 0.358 e. The van der Waals surface area contributed by atoms with Crippen LogP contribution >= 0.6 is 0 Å². The van der Waals surface area contributed by atoms with E-state index in [-0.39, 0.29) is 17.2 Å². The highest BCUT2D eigenvalue weighted by molar-refractivity contribution is 5.91. The fourth-order valence-electron chi connectivity index (χ4n) is 1.34. The molecule has 0 bridgehead atoms. The predicted molar refractivity (Wildman–Crippen MR) is 64.9 cm³/mol. The lowest BCUT2D eigenvalue weighted by Crippen LogP contribution is -2.11. The molecule has 1 atom stereocenters. The Hall–Kier alpha value is -2.61. The van der Waals surface area contributed by atoms with Gasteiger partial charge in [0.2, 0.25) is 0 Å². The van der Waals surface area contributed by atoms with Crippen molar-refractivity contribution in [1.82, 2.24) is 19.9 Å². The number of aromatic carboxylic acids is 1. The van der Waals surface area contributed by atoms with E-state index in [1.54, 1.807) is 0 Å². The Kier molecular flexibility index (Phi) is 3.62. The molecule has 0 saturated heterocycles. The SMILES string of the molecule is CC(O)c1cnc(Nc2cncnc2)c(C(=O)O)n1. The Morgan fingerprint density at radius 3 is 2.58 bits per heavy atom. The number of aliphatic hydroxyl groups excluding tert-OH is 1. The van der Waals surface area contributed by atoms with Crippen molar-refractivity contribution in [3.8, 4) is 0 Å². The number of hydrogen-bond acceptors (Lipinski definition) is 7. The average Bonchev–Trinajstić information content (AvgIpc) is 2.39. The molecule has 8 heteroatoms. The second-order valence-corrected chi connectivity index (χ2v) is 3.73. The molecule has 0 saturated carbocycles. The minimum Gasteiger partial charge on any atom is -0.476 e. The summed E-state index contributed by atoms with van der Waals surface area (Å²) in [6, 6.07) is 0. The van der Waals surface area contributed by atoms with Crippen molar-refractivity contribution in [2.45, 2.75) is 13.0 Å². The van der Waals surface area contributed by atoms with E-state index in [9.17, 15) is 9.90 Å². The number of anilines is 2. The molecule has 2 aromatic heterocycles. The Morgan fingerprint density at radius 1 is 1.32 bits per heavy atom. The topological polar surface area (TPSA) is 121 Å². The number of aromatic nitrogens is 4. The van der Waals surface area contributed by atoms with Crippen LogP contribution in [0.2, 0.25) is 0 Å². The quantitative estimate of drug-likeness (QED) is 0.737. The lowest BCUT2D eigenvalue weighted by Gasteiger charge is -2.09. The normalized spacial score (nSPS) is 11.9. The summed E-state index contributed by atoms with van der Waals surface area (Å²) in [7, 11) is 0. The minimum absolute atomic E-state index is 0.0618. The van der Waals surface area contributed by atoms with E-state index in [2.05, 4.69) is 25.3 Å². The molecular weight excluding hydrogens is 250 g/mol. The number of carboxylic acids is 1. The van der Waals surface area contributed by atoms with E-state index in [1.165, 1.54) is 31.8 Å². The first-order valence-electron chi connectivity index (χ1n) is 5.38. The maximum absolute atomic E-state index is 11.1. The van der Waals surface area contributed by atoms with Gasteiger partial charge in [0.15, 0.2) is 11.5 Å². The number of hydrogen-bond donors (Lipinski definition) is 3. The molecule has 98 valence electrons. The molecule has 0 aliphatic heterocycles. The van der Waals surface area contributed by atoms with Crippen LogP contribution in [0.15, 0.2) is 24.9 Å². The molecule has 19 heavy (non-hydrogen) atoms. The summed E-state index contributed by atoms with van der Waals surface area (Å²) in [5.41, 5.74) is 0.401. The zero-order chi connectivity index (χ0) is 13.8. The molecule has 0 radical (unpaired) electrons. The van der Waals surface area contributed by atoms with Gasteiger partial charge in [0.25, 0.3) is 0 Å². The minimum atomic E-state index is -1.24. The molecular formula is C11H11N5O3. The van der Waals surface area contributed by atoms with E-state index in [1.807, 2.05) is 0 Å². The number of carboxylic acid groups (broad SMARTS) is 1. The van der Waals surface area contributed by atoms with Gasteiger partial charge in [-0.15, -0.1) is 0 Å². The molecule has 0 spiro atoms. The third-order valence-corrected chi connectivity index (χ3v) is 2.25. The summed E-state index contributed by atoms with van der Waals surface area (Å²) in [5.74, 6) is -1.18. The van der Waals surface area contributed by atoms with Gasteiger partial charge in [-0.2, -0.15) is 0 Å². The molecule has 8 nitrogen and oxygen atoms in total. The fraction of sp³-hybridized carbons (Fsp3) is 0.182. The van der Waals surface area contributed by atoms with Crippen LogP contribution in [0.25, 0.3) is 0 Å². The maximum atomic E-state index is 11.1. The number of aliphatic hydroxyl groups is 1.